The molecule has 0 bridgehead atoms. The average Bonchev–Trinajstić information content (AvgIpc) is 3.20. The Labute approximate surface area is 106 Å². The van der Waals surface area contributed by atoms with Gasteiger partial charge in [0.05, 0.1) is 0 Å². The quantitative estimate of drug-likeness (QED) is 0.888. The summed E-state index contributed by atoms with van der Waals surface area (Å²) >= 11 is 0. The summed E-state index contributed by atoms with van der Waals surface area (Å²) in [5, 5.41) is 3.33. The lowest BCUT2D eigenvalue weighted by Gasteiger charge is -2.35. The van der Waals surface area contributed by atoms with E-state index in [0.29, 0.717) is 5.92 Å². The minimum Gasteiger partial charge on any atom is -0.314 e. The number of piperazine rings is 1. The summed E-state index contributed by atoms with van der Waals surface area (Å²) in [6, 6.07) is 4.63. The predicted octanol–water partition coefficient (Wildman–Crippen LogP) is 2.32. The van der Waals surface area contributed by atoms with Crippen LogP contribution in [0.5, 0.6) is 0 Å². The molecule has 1 heterocycles. The zero-order valence-corrected chi connectivity index (χ0v) is 10.3. The molecule has 2 aliphatic rings. The van der Waals surface area contributed by atoms with Gasteiger partial charge in [0, 0.05) is 32.2 Å². The number of halogens is 2. The van der Waals surface area contributed by atoms with E-state index in [-0.39, 0.29) is 6.04 Å². The Morgan fingerprint density at radius 3 is 2.44 bits per heavy atom. The molecule has 4 heteroatoms. The Hall–Kier alpha value is -1.00. The lowest BCUT2D eigenvalue weighted by Crippen LogP contribution is -2.45. The van der Waals surface area contributed by atoms with E-state index in [0.717, 1.165) is 31.7 Å². The van der Waals surface area contributed by atoms with Crippen molar-refractivity contribution in [1.82, 2.24) is 10.2 Å². The summed E-state index contributed by atoms with van der Waals surface area (Å²) in [5.41, 5.74) is 0.929. The van der Waals surface area contributed by atoms with E-state index in [2.05, 4.69) is 10.2 Å². The van der Waals surface area contributed by atoms with Crippen molar-refractivity contribution in [2.24, 2.45) is 5.92 Å². The lowest BCUT2D eigenvalue weighted by molar-refractivity contribution is 0.156. The first-order valence-corrected chi connectivity index (χ1v) is 6.65. The zero-order valence-electron chi connectivity index (χ0n) is 10.3. The van der Waals surface area contributed by atoms with Crippen molar-refractivity contribution < 1.29 is 8.78 Å². The molecule has 1 atom stereocenters. The topological polar surface area (TPSA) is 15.3 Å². The molecule has 0 amide bonds. The highest BCUT2D eigenvalue weighted by atomic mass is 19.2. The van der Waals surface area contributed by atoms with Gasteiger partial charge in [0.15, 0.2) is 11.6 Å². The van der Waals surface area contributed by atoms with E-state index in [1.807, 2.05) is 0 Å². The second kappa shape index (κ2) is 4.94. The Morgan fingerprint density at radius 1 is 1.11 bits per heavy atom. The molecule has 0 spiro atoms. The van der Waals surface area contributed by atoms with Crippen LogP contribution in [0.2, 0.25) is 0 Å². The number of hydrogen-bond acceptors (Lipinski definition) is 2. The molecule has 0 radical (unpaired) electrons. The maximum atomic E-state index is 13.4. The minimum atomic E-state index is -0.756. The number of rotatable bonds is 3. The van der Waals surface area contributed by atoms with Crippen molar-refractivity contribution in [3.05, 3.63) is 35.4 Å². The first-order chi connectivity index (χ1) is 8.75. The van der Waals surface area contributed by atoms with Crippen LogP contribution in [-0.2, 0) is 0 Å². The predicted molar refractivity (Wildman–Crippen MR) is 66.3 cm³/mol. The molecule has 18 heavy (non-hydrogen) atoms. The van der Waals surface area contributed by atoms with E-state index in [1.165, 1.54) is 25.0 Å². The smallest absolute Gasteiger partial charge is 0.159 e. The third-order valence-corrected chi connectivity index (χ3v) is 3.90. The van der Waals surface area contributed by atoms with Gasteiger partial charge in [-0.1, -0.05) is 6.07 Å². The Balaban J connectivity index is 1.85. The molecular formula is C14H18F2N2. The molecule has 98 valence electrons. The van der Waals surface area contributed by atoms with Gasteiger partial charge in [-0.15, -0.1) is 0 Å². The number of nitrogens with zero attached hydrogens (tertiary/aromatic N) is 1. The van der Waals surface area contributed by atoms with Crippen molar-refractivity contribution in [2.75, 3.05) is 26.2 Å². The van der Waals surface area contributed by atoms with Crippen molar-refractivity contribution in [2.45, 2.75) is 18.9 Å². The maximum Gasteiger partial charge on any atom is 0.159 e. The van der Waals surface area contributed by atoms with Crippen LogP contribution in [0.25, 0.3) is 0 Å². The first-order valence-electron chi connectivity index (χ1n) is 6.65. The highest BCUT2D eigenvalue weighted by molar-refractivity contribution is 5.23. The molecule has 3 rings (SSSR count). The largest absolute Gasteiger partial charge is 0.314 e. The Morgan fingerprint density at radius 2 is 1.83 bits per heavy atom. The molecule has 2 fully saturated rings. The molecule has 1 aliphatic carbocycles. The molecule has 1 saturated heterocycles. The van der Waals surface area contributed by atoms with Crippen LogP contribution in [-0.4, -0.2) is 31.1 Å². The average molecular weight is 252 g/mol. The fourth-order valence-corrected chi connectivity index (χ4v) is 2.85. The monoisotopic (exact) mass is 252 g/mol. The van der Waals surface area contributed by atoms with Crippen LogP contribution < -0.4 is 5.32 Å². The fraction of sp³-hybridized carbons (Fsp3) is 0.571. The van der Waals surface area contributed by atoms with Crippen molar-refractivity contribution in [3.63, 3.8) is 0 Å². The minimum absolute atomic E-state index is 0.266. The van der Waals surface area contributed by atoms with Gasteiger partial charge in [0.2, 0.25) is 0 Å². The number of hydrogen-bond donors (Lipinski definition) is 1. The van der Waals surface area contributed by atoms with Gasteiger partial charge in [0.1, 0.15) is 0 Å². The summed E-state index contributed by atoms with van der Waals surface area (Å²) in [4.78, 5) is 2.40. The first kappa shape index (κ1) is 12.1. The van der Waals surface area contributed by atoms with Gasteiger partial charge in [-0.3, -0.25) is 4.90 Å². The molecule has 2 nitrogen and oxygen atoms in total. The van der Waals surface area contributed by atoms with Crippen LogP contribution in [0.4, 0.5) is 8.78 Å². The molecule has 1 aliphatic heterocycles. The van der Waals surface area contributed by atoms with Gasteiger partial charge in [-0.2, -0.15) is 0 Å². The second-order valence-corrected chi connectivity index (χ2v) is 5.24. The van der Waals surface area contributed by atoms with Crippen molar-refractivity contribution >= 4 is 0 Å². The molecular weight excluding hydrogens is 234 g/mol. The molecule has 1 unspecified atom stereocenters. The standard InChI is InChI=1S/C14H18F2N2/c15-12-4-3-11(9-13(12)16)14(10-1-2-10)18-7-5-17-6-8-18/h3-4,9-10,14,17H,1-2,5-8H2. The zero-order chi connectivity index (χ0) is 12.5. The van der Waals surface area contributed by atoms with E-state index in [4.69, 9.17) is 0 Å². The lowest BCUT2D eigenvalue weighted by atomic mass is 9.99. The van der Waals surface area contributed by atoms with Crippen molar-refractivity contribution in [3.8, 4) is 0 Å². The molecule has 1 saturated carbocycles. The highest BCUT2D eigenvalue weighted by Crippen LogP contribution is 2.44. The normalized spacial score (nSPS) is 23.0. The SMILES string of the molecule is Fc1ccc(C(C2CC2)N2CCNCC2)cc1F. The third-order valence-electron chi connectivity index (χ3n) is 3.90. The van der Waals surface area contributed by atoms with Gasteiger partial charge < -0.3 is 5.32 Å². The van der Waals surface area contributed by atoms with E-state index in [1.54, 1.807) is 6.07 Å². The van der Waals surface area contributed by atoms with Gasteiger partial charge in [-0.05, 0) is 36.5 Å². The summed E-state index contributed by atoms with van der Waals surface area (Å²) < 4.78 is 26.4. The Bertz CT molecular complexity index is 426. The molecule has 0 aromatic heterocycles. The Kier molecular flexibility index (Phi) is 3.31. The van der Waals surface area contributed by atoms with Crippen LogP contribution in [0, 0.1) is 17.6 Å². The van der Waals surface area contributed by atoms with Crippen LogP contribution in [0.15, 0.2) is 18.2 Å². The molecule has 1 N–H and O–H groups in total. The molecule has 1 aromatic carbocycles. The second-order valence-electron chi connectivity index (χ2n) is 5.24. The van der Waals surface area contributed by atoms with Crippen LogP contribution in [0.3, 0.4) is 0 Å². The van der Waals surface area contributed by atoms with E-state index < -0.39 is 11.6 Å². The van der Waals surface area contributed by atoms with Gasteiger partial charge >= 0.3 is 0 Å². The number of benzene rings is 1. The fourth-order valence-electron chi connectivity index (χ4n) is 2.85. The van der Waals surface area contributed by atoms with Gasteiger partial charge in [-0.25, -0.2) is 8.78 Å². The van der Waals surface area contributed by atoms with E-state index in [9.17, 15) is 8.78 Å². The number of nitrogens with one attached hydrogen (secondary N) is 1. The summed E-state index contributed by atoms with van der Waals surface area (Å²) in [6.45, 7) is 3.93. The van der Waals surface area contributed by atoms with Crippen LogP contribution >= 0.6 is 0 Å². The third kappa shape index (κ3) is 2.40. The highest BCUT2D eigenvalue weighted by Gasteiger charge is 2.36. The van der Waals surface area contributed by atoms with Gasteiger partial charge in [0.25, 0.3) is 0 Å². The summed E-state index contributed by atoms with van der Waals surface area (Å²) in [5.74, 6) is -0.866. The van der Waals surface area contributed by atoms with E-state index >= 15 is 0 Å². The summed E-state index contributed by atoms with van der Waals surface area (Å²) in [6.07, 6.45) is 2.40. The maximum absolute atomic E-state index is 13.4. The van der Waals surface area contributed by atoms with Crippen LogP contribution in [0.1, 0.15) is 24.4 Å². The van der Waals surface area contributed by atoms with Crippen molar-refractivity contribution in [1.29, 1.82) is 0 Å². The molecule has 1 aromatic rings. The summed E-state index contributed by atoms with van der Waals surface area (Å²) in [7, 11) is 0.